The van der Waals surface area contributed by atoms with Gasteiger partial charge in [-0.15, -0.1) is 0 Å². The number of rotatable bonds is 3. The summed E-state index contributed by atoms with van der Waals surface area (Å²) in [7, 11) is 3.08. The van der Waals surface area contributed by atoms with Crippen molar-refractivity contribution in [2.45, 2.75) is 19.8 Å². The van der Waals surface area contributed by atoms with Gasteiger partial charge in [-0.25, -0.2) is 4.79 Å². The Hall–Kier alpha value is -3.53. The summed E-state index contributed by atoms with van der Waals surface area (Å²) < 4.78 is 6.87. The molecule has 7 nitrogen and oxygen atoms in total. The Bertz CT molecular complexity index is 1090. The largest absolute Gasteiger partial charge is 0.496 e. The van der Waals surface area contributed by atoms with Gasteiger partial charge in [-0.1, -0.05) is 6.07 Å². The Morgan fingerprint density at radius 3 is 2.67 bits per heavy atom. The number of aromatic nitrogens is 1. The van der Waals surface area contributed by atoms with Crippen molar-refractivity contribution >= 4 is 11.7 Å². The highest BCUT2D eigenvalue weighted by Gasteiger charge is 2.37. The molecular weight excluding hydrogens is 346 g/mol. The molecule has 0 radical (unpaired) electrons. The second kappa shape index (κ2) is 6.65. The summed E-state index contributed by atoms with van der Waals surface area (Å²) in [4.78, 5) is 25.0. The van der Waals surface area contributed by atoms with E-state index in [1.807, 2.05) is 13.0 Å². The number of carbonyl (C=O) groups is 1. The predicted octanol–water partition coefficient (Wildman–Crippen LogP) is 2.49. The standard InChI is InChI=1S/C20H19N3O4/c1-10-9-23(3)19(24)17-16(15(20(25)26)11(2)22-18(10)17)13-6-5-12(8-21)7-14(13)27-4/h5-7,9,16,22H,1-4H3,(H,25,26). The van der Waals surface area contributed by atoms with Crippen LogP contribution in [-0.2, 0) is 11.8 Å². The van der Waals surface area contributed by atoms with E-state index in [1.54, 1.807) is 38.4 Å². The molecule has 0 saturated carbocycles. The highest BCUT2D eigenvalue weighted by atomic mass is 16.5. The number of anilines is 1. The van der Waals surface area contributed by atoms with E-state index in [-0.39, 0.29) is 11.1 Å². The van der Waals surface area contributed by atoms with Gasteiger partial charge in [0.2, 0.25) is 0 Å². The molecule has 27 heavy (non-hydrogen) atoms. The van der Waals surface area contributed by atoms with Gasteiger partial charge >= 0.3 is 5.97 Å². The number of carboxylic acid groups (broad SMARTS) is 1. The number of pyridine rings is 1. The van der Waals surface area contributed by atoms with Crippen LogP contribution in [0.2, 0.25) is 0 Å². The molecule has 1 atom stereocenters. The third-order valence-corrected chi connectivity index (χ3v) is 4.80. The van der Waals surface area contributed by atoms with Gasteiger partial charge in [0.25, 0.3) is 5.56 Å². The van der Waals surface area contributed by atoms with Crippen molar-refractivity contribution in [1.29, 1.82) is 5.26 Å². The first-order valence-corrected chi connectivity index (χ1v) is 8.29. The monoisotopic (exact) mass is 365 g/mol. The van der Waals surface area contributed by atoms with Crippen LogP contribution in [0.25, 0.3) is 0 Å². The fraction of sp³-hybridized carbons (Fsp3) is 0.250. The van der Waals surface area contributed by atoms with Crippen molar-refractivity contribution < 1.29 is 14.6 Å². The van der Waals surface area contributed by atoms with E-state index >= 15 is 0 Å². The Morgan fingerprint density at radius 2 is 2.07 bits per heavy atom. The van der Waals surface area contributed by atoms with Crippen molar-refractivity contribution in [3.63, 3.8) is 0 Å². The molecule has 1 aliphatic heterocycles. The normalized spacial score (nSPS) is 15.6. The molecule has 138 valence electrons. The number of hydrogen-bond donors (Lipinski definition) is 2. The van der Waals surface area contributed by atoms with Gasteiger partial charge < -0.3 is 19.7 Å². The molecule has 0 fully saturated rings. The Morgan fingerprint density at radius 1 is 1.37 bits per heavy atom. The second-order valence-electron chi connectivity index (χ2n) is 6.49. The van der Waals surface area contributed by atoms with Crippen molar-refractivity contribution in [3.8, 4) is 11.8 Å². The molecule has 0 aliphatic carbocycles. The summed E-state index contributed by atoms with van der Waals surface area (Å²) in [6.07, 6.45) is 1.71. The fourth-order valence-electron chi connectivity index (χ4n) is 3.59. The lowest BCUT2D eigenvalue weighted by Crippen LogP contribution is -2.32. The molecule has 1 aliphatic rings. The Kier molecular flexibility index (Phi) is 4.50. The minimum Gasteiger partial charge on any atom is -0.496 e. The highest BCUT2D eigenvalue weighted by Crippen LogP contribution is 2.44. The maximum Gasteiger partial charge on any atom is 0.334 e. The molecule has 0 spiro atoms. The van der Waals surface area contributed by atoms with E-state index in [4.69, 9.17) is 10.00 Å². The molecule has 2 heterocycles. The molecule has 1 aromatic heterocycles. The summed E-state index contributed by atoms with van der Waals surface area (Å²) in [6.45, 7) is 3.53. The highest BCUT2D eigenvalue weighted by molar-refractivity contribution is 5.93. The van der Waals surface area contributed by atoms with E-state index in [1.165, 1.54) is 11.7 Å². The SMILES string of the molecule is COc1cc(C#N)ccc1C1C(C(=O)O)=C(C)Nc2c(C)cn(C)c(=O)c21. The van der Waals surface area contributed by atoms with Crippen LogP contribution in [0.15, 0.2) is 40.5 Å². The summed E-state index contributed by atoms with van der Waals surface area (Å²) in [6, 6.07) is 6.82. The fourth-order valence-corrected chi connectivity index (χ4v) is 3.59. The molecule has 1 unspecified atom stereocenters. The van der Waals surface area contributed by atoms with Crippen LogP contribution in [0.5, 0.6) is 5.75 Å². The van der Waals surface area contributed by atoms with Gasteiger partial charge in [0.15, 0.2) is 0 Å². The number of fused-ring (bicyclic) bond motifs is 1. The molecule has 0 amide bonds. The maximum absolute atomic E-state index is 13.0. The van der Waals surface area contributed by atoms with E-state index in [9.17, 15) is 14.7 Å². The van der Waals surface area contributed by atoms with Crippen molar-refractivity contribution in [2.24, 2.45) is 7.05 Å². The van der Waals surface area contributed by atoms with Gasteiger partial charge in [-0.2, -0.15) is 5.26 Å². The van der Waals surface area contributed by atoms with Crippen LogP contribution >= 0.6 is 0 Å². The molecule has 2 N–H and O–H groups in total. The van der Waals surface area contributed by atoms with Crippen LogP contribution in [0.3, 0.4) is 0 Å². The van der Waals surface area contributed by atoms with Gasteiger partial charge in [0, 0.05) is 24.5 Å². The number of nitrogens with zero attached hydrogens (tertiary/aromatic N) is 2. The molecule has 0 bridgehead atoms. The topological polar surface area (TPSA) is 104 Å². The van der Waals surface area contributed by atoms with Crippen molar-refractivity contribution in [3.05, 3.63) is 68.3 Å². The minimum absolute atomic E-state index is 0.0770. The number of methoxy groups -OCH3 is 1. The van der Waals surface area contributed by atoms with Crippen molar-refractivity contribution in [2.75, 3.05) is 12.4 Å². The number of aryl methyl sites for hydroxylation is 2. The lowest BCUT2D eigenvalue weighted by Gasteiger charge is -2.31. The molecule has 1 aromatic carbocycles. The van der Waals surface area contributed by atoms with Crippen LogP contribution in [-0.4, -0.2) is 22.8 Å². The lowest BCUT2D eigenvalue weighted by atomic mass is 9.80. The summed E-state index contributed by atoms with van der Waals surface area (Å²) in [5, 5.41) is 22.1. The van der Waals surface area contributed by atoms with Crippen LogP contribution < -0.4 is 15.6 Å². The molecular formula is C20H19N3O4. The maximum atomic E-state index is 13.0. The van der Waals surface area contributed by atoms with E-state index < -0.39 is 11.9 Å². The summed E-state index contributed by atoms with van der Waals surface area (Å²) in [5.74, 6) is -1.58. The molecule has 0 saturated heterocycles. The lowest BCUT2D eigenvalue weighted by molar-refractivity contribution is -0.133. The number of allylic oxidation sites excluding steroid dienone is 1. The van der Waals surface area contributed by atoms with Crippen molar-refractivity contribution in [1.82, 2.24) is 4.57 Å². The van der Waals surface area contributed by atoms with E-state index in [0.717, 1.165) is 5.56 Å². The van der Waals surface area contributed by atoms with Gasteiger partial charge in [-0.3, -0.25) is 4.79 Å². The van der Waals surface area contributed by atoms with Crippen LogP contribution in [0.4, 0.5) is 5.69 Å². The summed E-state index contributed by atoms with van der Waals surface area (Å²) >= 11 is 0. The first-order chi connectivity index (χ1) is 12.8. The third-order valence-electron chi connectivity index (χ3n) is 4.80. The molecule has 7 heteroatoms. The Labute approximate surface area is 156 Å². The zero-order valence-electron chi connectivity index (χ0n) is 15.5. The third kappa shape index (κ3) is 2.85. The number of nitrogens with one attached hydrogen (secondary N) is 1. The van der Waals surface area contributed by atoms with Gasteiger partial charge in [-0.05, 0) is 31.5 Å². The zero-order valence-corrected chi connectivity index (χ0v) is 15.5. The number of ether oxygens (including phenoxy) is 1. The quantitative estimate of drug-likeness (QED) is 0.866. The number of nitriles is 1. The number of hydrogen-bond acceptors (Lipinski definition) is 5. The van der Waals surface area contributed by atoms with Crippen LogP contribution in [0.1, 0.15) is 35.1 Å². The second-order valence-corrected chi connectivity index (χ2v) is 6.49. The Balaban J connectivity index is 2.42. The average Bonchev–Trinajstić information content (AvgIpc) is 2.64. The minimum atomic E-state index is -1.12. The first kappa shape index (κ1) is 18.3. The molecule has 3 rings (SSSR count). The number of carboxylic acids is 1. The van der Waals surface area contributed by atoms with E-state index in [0.29, 0.717) is 33.8 Å². The smallest absolute Gasteiger partial charge is 0.334 e. The average molecular weight is 365 g/mol. The van der Waals surface area contributed by atoms with Gasteiger partial charge in [0.1, 0.15) is 5.75 Å². The predicted molar refractivity (Wildman–Crippen MR) is 99.9 cm³/mol. The van der Waals surface area contributed by atoms with Crippen LogP contribution in [0, 0.1) is 18.3 Å². The summed E-state index contributed by atoms with van der Waals surface area (Å²) in [5.41, 5.74) is 2.95. The first-order valence-electron chi connectivity index (χ1n) is 8.29. The zero-order chi connectivity index (χ0) is 19.9. The number of benzene rings is 1. The van der Waals surface area contributed by atoms with E-state index in [2.05, 4.69) is 5.32 Å². The molecule has 2 aromatic rings. The number of aliphatic carboxylic acids is 1. The van der Waals surface area contributed by atoms with Gasteiger partial charge in [0.05, 0.1) is 41.5 Å².